The lowest BCUT2D eigenvalue weighted by Crippen LogP contribution is -2.36. The molecule has 1 aromatic rings. The number of nitrogens with one attached hydrogen (secondary N) is 1. The van der Waals surface area contributed by atoms with Gasteiger partial charge in [-0.25, -0.2) is 4.79 Å². The van der Waals surface area contributed by atoms with E-state index in [1.165, 1.54) is 11.3 Å². The number of fused-ring (bicyclic) bond motifs is 3. The van der Waals surface area contributed by atoms with E-state index in [-0.39, 0.29) is 23.8 Å². The molecule has 2 N–H and O–H groups in total. The minimum Gasteiger partial charge on any atom is -0.481 e. The quantitative estimate of drug-likeness (QED) is 0.560. The van der Waals surface area contributed by atoms with Gasteiger partial charge < -0.3 is 15.2 Å². The maximum absolute atomic E-state index is 13.1. The smallest absolute Gasteiger partial charge is 0.341 e. The molecule has 2 bridgehead atoms. The fourth-order valence-electron chi connectivity index (χ4n) is 5.04. The van der Waals surface area contributed by atoms with Crippen LogP contribution in [0.3, 0.4) is 0 Å². The molecule has 3 aliphatic carbocycles. The predicted octanol–water partition coefficient (Wildman–Crippen LogP) is 3.90. The average Bonchev–Trinajstić information content (AvgIpc) is 3.32. The Bertz CT molecular complexity index is 886. The zero-order chi connectivity index (χ0) is 20.9. The molecule has 29 heavy (non-hydrogen) atoms. The van der Waals surface area contributed by atoms with Crippen molar-refractivity contribution in [2.75, 3.05) is 5.32 Å². The number of hydrogen-bond acceptors (Lipinski definition) is 5. The lowest BCUT2D eigenvalue weighted by Gasteiger charge is -2.23. The average molecular weight is 418 g/mol. The van der Waals surface area contributed by atoms with Crippen molar-refractivity contribution in [3.63, 3.8) is 0 Å². The highest BCUT2D eigenvalue weighted by atomic mass is 32.1. The Morgan fingerprint density at radius 1 is 1.21 bits per heavy atom. The van der Waals surface area contributed by atoms with E-state index in [1.807, 2.05) is 12.2 Å². The highest BCUT2D eigenvalue weighted by Gasteiger charge is 2.51. The van der Waals surface area contributed by atoms with Crippen LogP contribution in [0.15, 0.2) is 12.2 Å². The number of allylic oxidation sites excluding steroid dienone is 2. The molecule has 1 fully saturated rings. The Kier molecular flexibility index (Phi) is 5.27. The fraction of sp³-hybridized carbons (Fsp3) is 0.591. The Labute approximate surface area is 174 Å². The third kappa shape index (κ3) is 3.61. The molecule has 1 saturated carbocycles. The molecular formula is C22H27NO5S. The minimum atomic E-state index is -0.930. The molecule has 5 atom stereocenters. The van der Waals surface area contributed by atoms with E-state index < -0.39 is 23.8 Å². The minimum absolute atomic E-state index is 0.0539. The predicted molar refractivity (Wildman–Crippen MR) is 110 cm³/mol. The molecule has 0 spiro atoms. The van der Waals surface area contributed by atoms with Gasteiger partial charge in [-0.1, -0.05) is 19.1 Å². The van der Waals surface area contributed by atoms with E-state index in [4.69, 9.17) is 4.74 Å². The van der Waals surface area contributed by atoms with Crippen LogP contribution >= 0.6 is 11.3 Å². The third-order valence-electron chi connectivity index (χ3n) is 6.34. The normalized spacial score (nSPS) is 29.7. The zero-order valence-electron chi connectivity index (χ0n) is 16.9. The van der Waals surface area contributed by atoms with Gasteiger partial charge in [-0.2, -0.15) is 0 Å². The number of rotatable bonds is 5. The SMILES string of the molecule is CC(C)OC(=O)c1c(NC(=O)[C@H]2[C@@H](C(=O)O)[C@H]3C=C[C@H]2C3)sc2c1CC[C@@H](C)C2. The summed E-state index contributed by atoms with van der Waals surface area (Å²) >= 11 is 1.44. The van der Waals surface area contributed by atoms with E-state index >= 15 is 0 Å². The molecule has 0 aliphatic heterocycles. The van der Waals surface area contributed by atoms with E-state index in [1.54, 1.807) is 13.8 Å². The summed E-state index contributed by atoms with van der Waals surface area (Å²) in [6.45, 7) is 5.79. The Hall–Kier alpha value is -2.15. The molecule has 3 aliphatic rings. The second kappa shape index (κ2) is 7.59. The van der Waals surface area contributed by atoms with Crippen LogP contribution in [0, 0.1) is 29.6 Å². The number of amides is 1. The van der Waals surface area contributed by atoms with Crippen LogP contribution in [-0.2, 0) is 27.2 Å². The molecule has 0 saturated heterocycles. The van der Waals surface area contributed by atoms with Crippen molar-refractivity contribution in [2.24, 2.45) is 29.6 Å². The molecule has 7 heteroatoms. The number of ether oxygens (including phenoxy) is 1. The number of anilines is 1. The van der Waals surface area contributed by atoms with E-state index in [0.717, 1.165) is 29.7 Å². The van der Waals surface area contributed by atoms with Crippen LogP contribution in [0.4, 0.5) is 5.00 Å². The standard InChI is InChI=1S/C22H27NO5S/c1-10(2)28-22(27)18-14-7-4-11(3)8-15(14)29-20(18)23-19(24)16-12-5-6-13(9-12)17(16)21(25)26/h5-6,10-13,16-17H,4,7-9H2,1-3H3,(H,23,24)(H,25,26)/t11-,12+,13+,16-,17+/m1/s1. The zero-order valence-corrected chi connectivity index (χ0v) is 17.8. The molecular weight excluding hydrogens is 390 g/mol. The topological polar surface area (TPSA) is 92.7 Å². The summed E-state index contributed by atoms with van der Waals surface area (Å²) in [5.41, 5.74) is 1.45. The lowest BCUT2D eigenvalue weighted by molar-refractivity contribution is -0.146. The molecule has 4 rings (SSSR count). The first kappa shape index (κ1) is 20.1. The van der Waals surface area contributed by atoms with Crippen molar-refractivity contribution in [1.82, 2.24) is 0 Å². The Morgan fingerprint density at radius 2 is 1.90 bits per heavy atom. The summed E-state index contributed by atoms with van der Waals surface area (Å²) < 4.78 is 5.46. The maximum atomic E-state index is 13.1. The monoisotopic (exact) mass is 417 g/mol. The number of hydrogen-bond donors (Lipinski definition) is 2. The number of aliphatic carboxylic acids is 1. The van der Waals surface area contributed by atoms with Crippen molar-refractivity contribution in [2.45, 2.75) is 52.6 Å². The van der Waals surface area contributed by atoms with Crippen molar-refractivity contribution < 1.29 is 24.2 Å². The van der Waals surface area contributed by atoms with Gasteiger partial charge in [0.2, 0.25) is 5.91 Å². The summed E-state index contributed by atoms with van der Waals surface area (Å²) in [6, 6.07) is 0. The first-order valence-corrected chi connectivity index (χ1v) is 11.2. The van der Waals surface area contributed by atoms with Crippen LogP contribution in [0.1, 0.15) is 54.4 Å². The van der Waals surface area contributed by atoms with Gasteiger partial charge in [-0.3, -0.25) is 9.59 Å². The van der Waals surface area contributed by atoms with E-state index in [0.29, 0.717) is 22.9 Å². The van der Waals surface area contributed by atoms with Crippen LogP contribution in [-0.4, -0.2) is 29.1 Å². The van der Waals surface area contributed by atoms with E-state index in [9.17, 15) is 19.5 Å². The van der Waals surface area contributed by atoms with E-state index in [2.05, 4.69) is 12.2 Å². The van der Waals surface area contributed by atoms with Crippen molar-refractivity contribution in [3.05, 3.63) is 28.2 Å². The van der Waals surface area contributed by atoms with Gasteiger partial charge in [0.15, 0.2) is 0 Å². The van der Waals surface area contributed by atoms with Gasteiger partial charge >= 0.3 is 11.9 Å². The summed E-state index contributed by atoms with van der Waals surface area (Å²) in [5, 5.41) is 13.1. The van der Waals surface area contributed by atoms with Gasteiger partial charge in [0.1, 0.15) is 5.00 Å². The van der Waals surface area contributed by atoms with Crippen LogP contribution < -0.4 is 5.32 Å². The number of carbonyl (C=O) groups is 3. The van der Waals surface area contributed by atoms with Gasteiger partial charge in [0, 0.05) is 4.88 Å². The van der Waals surface area contributed by atoms with Crippen LogP contribution in [0.2, 0.25) is 0 Å². The third-order valence-corrected chi connectivity index (χ3v) is 7.51. The second-order valence-corrected chi connectivity index (χ2v) is 9.94. The Balaban J connectivity index is 1.64. The molecule has 0 radical (unpaired) electrons. The largest absolute Gasteiger partial charge is 0.481 e. The molecule has 156 valence electrons. The summed E-state index contributed by atoms with van der Waals surface area (Å²) in [6.07, 6.45) is 7.00. The fourth-order valence-corrected chi connectivity index (χ4v) is 6.44. The highest BCUT2D eigenvalue weighted by molar-refractivity contribution is 7.17. The first-order chi connectivity index (χ1) is 13.8. The van der Waals surface area contributed by atoms with Crippen molar-refractivity contribution in [3.8, 4) is 0 Å². The molecule has 1 aromatic heterocycles. The Morgan fingerprint density at radius 3 is 2.55 bits per heavy atom. The van der Waals surface area contributed by atoms with Crippen molar-refractivity contribution >= 4 is 34.2 Å². The molecule has 6 nitrogen and oxygen atoms in total. The maximum Gasteiger partial charge on any atom is 0.341 e. The van der Waals surface area contributed by atoms with Gasteiger partial charge in [-0.15, -0.1) is 11.3 Å². The van der Waals surface area contributed by atoms with Gasteiger partial charge in [0.25, 0.3) is 0 Å². The first-order valence-electron chi connectivity index (χ1n) is 10.3. The lowest BCUT2D eigenvalue weighted by atomic mass is 9.82. The summed E-state index contributed by atoms with van der Waals surface area (Å²) in [7, 11) is 0. The highest BCUT2D eigenvalue weighted by Crippen LogP contribution is 2.49. The second-order valence-electron chi connectivity index (χ2n) is 8.84. The molecule has 0 unspecified atom stereocenters. The van der Waals surface area contributed by atoms with Gasteiger partial charge in [0.05, 0.1) is 23.5 Å². The number of esters is 1. The number of carboxylic acids is 1. The number of carbonyl (C=O) groups excluding carboxylic acids is 2. The van der Waals surface area contributed by atoms with Gasteiger partial charge in [-0.05, 0) is 62.8 Å². The summed E-state index contributed by atoms with van der Waals surface area (Å²) in [4.78, 5) is 38.8. The van der Waals surface area contributed by atoms with Crippen molar-refractivity contribution in [1.29, 1.82) is 0 Å². The number of thiophene rings is 1. The molecule has 1 amide bonds. The number of carboxylic acid groups (broad SMARTS) is 1. The molecule has 0 aromatic carbocycles. The molecule has 1 heterocycles. The van der Waals surface area contributed by atoms with Crippen LogP contribution in [0.5, 0.6) is 0 Å². The van der Waals surface area contributed by atoms with Crippen LogP contribution in [0.25, 0.3) is 0 Å². The summed E-state index contributed by atoms with van der Waals surface area (Å²) in [5.74, 6) is -2.56.